The normalized spacial score (nSPS) is 12.5. The fourth-order valence-corrected chi connectivity index (χ4v) is 1.73. The third kappa shape index (κ3) is 3.82. The molecule has 0 aliphatic carbocycles. The average molecular weight is 286 g/mol. The number of hydrogen-bond donors (Lipinski definition) is 1. The van der Waals surface area contributed by atoms with Crippen LogP contribution in [0.1, 0.15) is 18.2 Å². The third-order valence-corrected chi connectivity index (χ3v) is 2.96. The largest absolute Gasteiger partial charge is 0.467 e. The molecule has 1 amide bonds. The highest BCUT2D eigenvalue weighted by molar-refractivity contribution is 6.31. The number of halogens is 1. The Morgan fingerprint density at radius 2 is 2.16 bits per heavy atom. The monoisotopic (exact) mass is 285 g/mol. The summed E-state index contributed by atoms with van der Waals surface area (Å²) in [5.41, 5.74) is 1.39. The molecular weight excluding hydrogens is 270 g/mol. The summed E-state index contributed by atoms with van der Waals surface area (Å²) in [4.78, 5) is 22.7. The lowest BCUT2D eigenvalue weighted by atomic mass is 10.2. The van der Waals surface area contributed by atoms with Gasteiger partial charge < -0.3 is 10.1 Å². The summed E-state index contributed by atoms with van der Waals surface area (Å²) in [6.45, 7) is 3.33. The molecule has 1 aromatic rings. The summed E-state index contributed by atoms with van der Waals surface area (Å²) in [7, 11) is 2.98. The van der Waals surface area contributed by atoms with E-state index >= 15 is 0 Å². The van der Waals surface area contributed by atoms with E-state index in [9.17, 15) is 9.59 Å². The average Bonchev–Trinajstić information content (AvgIpc) is 2.60. The molecule has 6 nitrogen and oxygen atoms in total. The Labute approximate surface area is 116 Å². The fourth-order valence-electron chi connectivity index (χ4n) is 1.49. The van der Waals surface area contributed by atoms with Crippen molar-refractivity contribution in [3.8, 4) is 0 Å². The Hall–Kier alpha value is -1.82. The van der Waals surface area contributed by atoms with Gasteiger partial charge in [0.2, 0.25) is 5.91 Å². The molecular formula is C12H16ClN3O3. The molecule has 1 heterocycles. The molecule has 1 rings (SSSR count). The quantitative estimate of drug-likeness (QED) is 0.663. The zero-order chi connectivity index (χ0) is 14.6. The van der Waals surface area contributed by atoms with Crippen LogP contribution in [0.4, 0.5) is 0 Å². The summed E-state index contributed by atoms with van der Waals surface area (Å²) in [6, 6.07) is -0.701. The second-order valence-corrected chi connectivity index (χ2v) is 4.36. The number of aromatic nitrogens is 2. The van der Waals surface area contributed by atoms with Crippen LogP contribution < -0.4 is 5.32 Å². The van der Waals surface area contributed by atoms with Crippen molar-refractivity contribution in [2.24, 2.45) is 7.05 Å². The number of hydrogen-bond acceptors (Lipinski definition) is 4. The molecule has 0 bridgehead atoms. The van der Waals surface area contributed by atoms with Crippen LogP contribution in [0.3, 0.4) is 0 Å². The van der Waals surface area contributed by atoms with Gasteiger partial charge in [-0.15, -0.1) is 0 Å². The van der Waals surface area contributed by atoms with Gasteiger partial charge >= 0.3 is 5.97 Å². The predicted molar refractivity (Wildman–Crippen MR) is 71.6 cm³/mol. The van der Waals surface area contributed by atoms with Crippen molar-refractivity contribution in [2.45, 2.75) is 19.9 Å². The van der Waals surface area contributed by atoms with E-state index in [-0.39, 0.29) is 0 Å². The summed E-state index contributed by atoms with van der Waals surface area (Å²) in [5, 5.41) is 7.04. The molecule has 1 atom stereocenters. The van der Waals surface area contributed by atoms with Crippen molar-refractivity contribution in [3.05, 3.63) is 22.5 Å². The first-order valence-electron chi connectivity index (χ1n) is 5.62. The summed E-state index contributed by atoms with van der Waals surface area (Å²) in [6.07, 6.45) is 2.86. The van der Waals surface area contributed by atoms with Gasteiger partial charge in [0.15, 0.2) is 0 Å². The van der Waals surface area contributed by atoms with E-state index in [1.165, 1.54) is 17.9 Å². The number of aryl methyl sites for hydroxylation is 2. The summed E-state index contributed by atoms with van der Waals surface area (Å²) < 4.78 is 6.02. The molecule has 1 unspecified atom stereocenters. The van der Waals surface area contributed by atoms with Gasteiger partial charge in [0, 0.05) is 18.7 Å². The van der Waals surface area contributed by atoms with Crippen molar-refractivity contribution in [2.75, 3.05) is 7.11 Å². The lowest BCUT2D eigenvalue weighted by molar-refractivity contribution is -0.144. The van der Waals surface area contributed by atoms with E-state index in [0.717, 1.165) is 5.69 Å². The molecule has 104 valence electrons. The van der Waals surface area contributed by atoms with E-state index in [2.05, 4.69) is 15.2 Å². The van der Waals surface area contributed by atoms with Crippen LogP contribution in [0, 0.1) is 6.92 Å². The molecule has 0 aromatic carbocycles. The standard InChI is InChI=1S/C12H16ClN3O3/c1-7-9(11(13)16(3)15-7)5-6-10(17)14-8(2)12(18)19-4/h5-6,8H,1-4H3,(H,14,17). The molecule has 0 spiro atoms. The molecule has 0 saturated heterocycles. The topological polar surface area (TPSA) is 73.2 Å². The lowest BCUT2D eigenvalue weighted by Crippen LogP contribution is -2.38. The number of carbonyl (C=O) groups excluding carboxylic acids is 2. The van der Waals surface area contributed by atoms with Gasteiger partial charge in [0.05, 0.1) is 12.8 Å². The van der Waals surface area contributed by atoms with Gasteiger partial charge in [-0.05, 0) is 19.9 Å². The highest BCUT2D eigenvalue weighted by atomic mass is 35.5. The molecule has 19 heavy (non-hydrogen) atoms. The van der Waals surface area contributed by atoms with E-state index in [4.69, 9.17) is 11.6 Å². The van der Waals surface area contributed by atoms with Gasteiger partial charge in [0.1, 0.15) is 11.2 Å². The minimum atomic E-state index is -0.701. The Morgan fingerprint density at radius 3 is 2.63 bits per heavy atom. The molecule has 0 fully saturated rings. The Bertz CT molecular complexity index is 523. The van der Waals surface area contributed by atoms with Crippen molar-refractivity contribution < 1.29 is 14.3 Å². The van der Waals surface area contributed by atoms with E-state index in [1.807, 2.05) is 0 Å². The fraction of sp³-hybridized carbons (Fsp3) is 0.417. The van der Waals surface area contributed by atoms with Gasteiger partial charge in [-0.1, -0.05) is 11.6 Å². The summed E-state index contributed by atoms with van der Waals surface area (Å²) >= 11 is 6.02. The SMILES string of the molecule is COC(=O)C(C)NC(=O)C=Cc1c(C)nn(C)c1Cl. The molecule has 0 saturated carbocycles. The van der Waals surface area contributed by atoms with Crippen LogP contribution in [-0.2, 0) is 21.4 Å². The van der Waals surface area contributed by atoms with E-state index in [1.54, 1.807) is 27.0 Å². The number of methoxy groups -OCH3 is 1. The lowest BCUT2D eigenvalue weighted by Gasteiger charge is -2.09. The smallest absolute Gasteiger partial charge is 0.328 e. The second-order valence-electron chi connectivity index (χ2n) is 4.00. The molecule has 0 aliphatic rings. The number of esters is 1. The summed E-state index contributed by atoms with van der Waals surface area (Å²) in [5.74, 6) is -0.908. The number of ether oxygens (including phenoxy) is 1. The molecule has 1 N–H and O–H groups in total. The maximum atomic E-state index is 11.6. The Kier molecular flexibility index (Phi) is 5.11. The first-order chi connectivity index (χ1) is 8.86. The van der Waals surface area contributed by atoms with Crippen LogP contribution >= 0.6 is 11.6 Å². The highest BCUT2D eigenvalue weighted by Crippen LogP contribution is 2.19. The number of carbonyl (C=O) groups is 2. The molecule has 0 aliphatic heterocycles. The van der Waals surface area contributed by atoms with Crippen molar-refractivity contribution in [3.63, 3.8) is 0 Å². The molecule has 7 heteroatoms. The first-order valence-corrected chi connectivity index (χ1v) is 6.00. The number of nitrogens with one attached hydrogen (secondary N) is 1. The van der Waals surface area contributed by atoms with Gasteiger partial charge in [-0.25, -0.2) is 4.79 Å². The predicted octanol–water partition coefficient (Wildman–Crippen LogP) is 1.07. The van der Waals surface area contributed by atoms with Crippen LogP contribution in [0.5, 0.6) is 0 Å². The number of amides is 1. The van der Waals surface area contributed by atoms with Gasteiger partial charge in [-0.2, -0.15) is 5.10 Å². The highest BCUT2D eigenvalue weighted by Gasteiger charge is 2.14. The maximum Gasteiger partial charge on any atom is 0.328 e. The Balaban J connectivity index is 2.71. The first kappa shape index (κ1) is 15.2. The van der Waals surface area contributed by atoms with Gasteiger partial charge in [-0.3, -0.25) is 9.48 Å². The van der Waals surface area contributed by atoms with Gasteiger partial charge in [0.25, 0.3) is 0 Å². The van der Waals surface area contributed by atoms with Crippen molar-refractivity contribution in [1.29, 1.82) is 0 Å². The van der Waals surface area contributed by atoms with Crippen LogP contribution in [0.25, 0.3) is 6.08 Å². The van der Waals surface area contributed by atoms with Crippen molar-refractivity contribution >= 4 is 29.6 Å². The van der Waals surface area contributed by atoms with Crippen LogP contribution in [0.15, 0.2) is 6.08 Å². The minimum Gasteiger partial charge on any atom is -0.467 e. The van der Waals surface area contributed by atoms with Crippen molar-refractivity contribution in [1.82, 2.24) is 15.1 Å². The number of nitrogens with zero attached hydrogens (tertiary/aromatic N) is 2. The zero-order valence-electron chi connectivity index (χ0n) is 11.2. The minimum absolute atomic E-state index is 0.405. The van der Waals surface area contributed by atoms with E-state index in [0.29, 0.717) is 10.7 Å². The maximum absolute atomic E-state index is 11.6. The second kappa shape index (κ2) is 6.38. The van der Waals surface area contributed by atoms with E-state index < -0.39 is 17.9 Å². The number of rotatable bonds is 4. The third-order valence-electron chi connectivity index (χ3n) is 2.51. The Morgan fingerprint density at radius 1 is 1.53 bits per heavy atom. The van der Waals surface area contributed by atoms with Crippen LogP contribution in [0.2, 0.25) is 5.15 Å². The molecule has 0 radical (unpaired) electrons. The molecule has 1 aromatic heterocycles. The zero-order valence-corrected chi connectivity index (χ0v) is 12.0. The van der Waals surface area contributed by atoms with Crippen LogP contribution in [-0.4, -0.2) is 34.8 Å².